The second-order valence-electron chi connectivity index (χ2n) is 5.62. The molecule has 1 aromatic rings. The monoisotopic (exact) mass is 350 g/mol. The van der Waals surface area contributed by atoms with Crippen LogP contribution >= 0.6 is 23.1 Å². The standard InChI is InChI=1S/C16H18N2O3S2/c19-14(11-4-1-2-5-11)17-7-8-18-15(20)13(23-16(18)21)10-12-6-3-9-22-12/h3,6,9-11H,1-2,4-5,7-8H2,(H,17,19)/b13-10+. The summed E-state index contributed by atoms with van der Waals surface area (Å²) < 4.78 is 0. The Kier molecular flexibility index (Phi) is 5.17. The lowest BCUT2D eigenvalue weighted by molar-refractivity contribution is -0.126. The molecule has 1 saturated carbocycles. The van der Waals surface area contributed by atoms with E-state index in [4.69, 9.17) is 0 Å². The Labute approximate surface area is 143 Å². The molecule has 3 amide bonds. The average Bonchev–Trinajstić information content (AvgIpc) is 3.26. The predicted molar refractivity (Wildman–Crippen MR) is 92.0 cm³/mol. The van der Waals surface area contributed by atoms with Crippen molar-refractivity contribution in [2.75, 3.05) is 13.1 Å². The first-order chi connectivity index (χ1) is 11.1. The van der Waals surface area contributed by atoms with Crippen LogP contribution in [0, 0.1) is 5.92 Å². The molecule has 122 valence electrons. The third-order valence-corrected chi connectivity index (χ3v) is 5.78. The molecule has 1 N–H and O–H groups in total. The maximum Gasteiger partial charge on any atom is 0.293 e. The second-order valence-corrected chi connectivity index (χ2v) is 7.59. The zero-order chi connectivity index (χ0) is 16.2. The lowest BCUT2D eigenvalue weighted by Gasteiger charge is -2.14. The van der Waals surface area contributed by atoms with Gasteiger partial charge in [-0.1, -0.05) is 18.9 Å². The molecule has 1 aliphatic carbocycles. The van der Waals surface area contributed by atoms with E-state index >= 15 is 0 Å². The Hall–Kier alpha value is -1.60. The van der Waals surface area contributed by atoms with E-state index in [1.165, 1.54) is 16.2 Å². The molecule has 2 heterocycles. The van der Waals surface area contributed by atoms with Crippen molar-refractivity contribution < 1.29 is 14.4 Å². The van der Waals surface area contributed by atoms with Crippen LogP contribution in [0.15, 0.2) is 22.4 Å². The van der Waals surface area contributed by atoms with Crippen molar-refractivity contribution in [2.45, 2.75) is 25.7 Å². The normalized spacial score (nSPS) is 20.7. The van der Waals surface area contributed by atoms with Crippen LogP contribution in [0.25, 0.3) is 6.08 Å². The minimum absolute atomic E-state index is 0.0450. The van der Waals surface area contributed by atoms with Gasteiger partial charge in [-0.05, 0) is 42.1 Å². The topological polar surface area (TPSA) is 66.5 Å². The van der Waals surface area contributed by atoms with Gasteiger partial charge < -0.3 is 5.32 Å². The van der Waals surface area contributed by atoms with Crippen LogP contribution in [-0.2, 0) is 9.59 Å². The Morgan fingerprint density at radius 3 is 2.83 bits per heavy atom. The number of carbonyl (C=O) groups excluding carboxylic acids is 3. The van der Waals surface area contributed by atoms with E-state index in [-0.39, 0.29) is 29.5 Å². The van der Waals surface area contributed by atoms with E-state index < -0.39 is 0 Å². The van der Waals surface area contributed by atoms with Crippen LogP contribution in [0.3, 0.4) is 0 Å². The van der Waals surface area contributed by atoms with Gasteiger partial charge in [0.1, 0.15) is 0 Å². The SMILES string of the molecule is O=C(NCCN1C(=O)S/C(=C/c2cccs2)C1=O)C1CCCC1. The zero-order valence-electron chi connectivity index (χ0n) is 12.6. The van der Waals surface area contributed by atoms with Crippen molar-refractivity contribution in [1.82, 2.24) is 10.2 Å². The van der Waals surface area contributed by atoms with Crippen LogP contribution in [0.4, 0.5) is 4.79 Å². The largest absolute Gasteiger partial charge is 0.354 e. The van der Waals surface area contributed by atoms with Crippen molar-refractivity contribution in [3.05, 3.63) is 27.3 Å². The predicted octanol–water partition coefficient (Wildman–Crippen LogP) is 3.09. The van der Waals surface area contributed by atoms with Gasteiger partial charge in [-0.3, -0.25) is 19.3 Å². The molecule has 2 fully saturated rings. The van der Waals surface area contributed by atoms with Crippen LogP contribution in [-0.4, -0.2) is 35.0 Å². The van der Waals surface area contributed by atoms with Gasteiger partial charge in [-0.2, -0.15) is 0 Å². The van der Waals surface area contributed by atoms with E-state index in [1.807, 2.05) is 17.5 Å². The van der Waals surface area contributed by atoms with Crippen molar-refractivity contribution in [2.24, 2.45) is 5.92 Å². The minimum atomic E-state index is -0.275. The first-order valence-electron chi connectivity index (χ1n) is 7.72. The fourth-order valence-corrected chi connectivity index (χ4v) is 4.41. The smallest absolute Gasteiger partial charge is 0.293 e. The van der Waals surface area contributed by atoms with Crippen molar-refractivity contribution in [3.8, 4) is 0 Å². The molecule has 0 spiro atoms. The van der Waals surface area contributed by atoms with Crippen LogP contribution in [0.5, 0.6) is 0 Å². The highest BCUT2D eigenvalue weighted by atomic mass is 32.2. The molecular formula is C16H18N2O3S2. The number of imide groups is 1. The number of carbonyl (C=O) groups is 3. The number of hydrogen-bond acceptors (Lipinski definition) is 5. The Morgan fingerprint density at radius 2 is 2.13 bits per heavy atom. The van der Waals surface area contributed by atoms with Crippen LogP contribution < -0.4 is 5.32 Å². The zero-order valence-corrected chi connectivity index (χ0v) is 14.3. The number of thiophene rings is 1. The van der Waals surface area contributed by atoms with Gasteiger partial charge in [0.15, 0.2) is 0 Å². The number of nitrogens with one attached hydrogen (secondary N) is 1. The van der Waals surface area contributed by atoms with E-state index in [2.05, 4.69) is 5.32 Å². The van der Waals surface area contributed by atoms with E-state index in [0.717, 1.165) is 42.3 Å². The van der Waals surface area contributed by atoms with Gasteiger partial charge in [0.2, 0.25) is 5.91 Å². The Bertz CT molecular complexity index is 634. The molecule has 5 nitrogen and oxygen atoms in total. The molecule has 23 heavy (non-hydrogen) atoms. The molecule has 3 rings (SSSR count). The summed E-state index contributed by atoms with van der Waals surface area (Å²) in [6.45, 7) is 0.546. The maximum atomic E-state index is 12.3. The highest BCUT2D eigenvalue weighted by molar-refractivity contribution is 8.18. The molecule has 0 unspecified atom stereocenters. The fourth-order valence-electron chi connectivity index (χ4n) is 2.82. The molecule has 0 aromatic carbocycles. The lowest BCUT2D eigenvalue weighted by atomic mass is 10.1. The summed E-state index contributed by atoms with van der Waals surface area (Å²) in [4.78, 5) is 38.8. The van der Waals surface area contributed by atoms with Gasteiger partial charge in [-0.15, -0.1) is 11.3 Å². The average molecular weight is 350 g/mol. The number of nitrogens with zero attached hydrogens (tertiary/aromatic N) is 1. The number of rotatable bonds is 5. The number of amides is 3. The summed E-state index contributed by atoms with van der Waals surface area (Å²) in [5, 5.41) is 4.50. The highest BCUT2D eigenvalue weighted by Crippen LogP contribution is 2.32. The summed E-state index contributed by atoms with van der Waals surface area (Å²) >= 11 is 2.48. The first-order valence-corrected chi connectivity index (χ1v) is 9.41. The van der Waals surface area contributed by atoms with Crippen LogP contribution in [0.1, 0.15) is 30.6 Å². The molecular weight excluding hydrogens is 332 g/mol. The third-order valence-electron chi connectivity index (χ3n) is 4.05. The van der Waals surface area contributed by atoms with Gasteiger partial charge in [0.05, 0.1) is 4.91 Å². The molecule has 1 aromatic heterocycles. The van der Waals surface area contributed by atoms with Crippen molar-refractivity contribution >= 4 is 46.2 Å². The second kappa shape index (κ2) is 7.31. The third kappa shape index (κ3) is 3.84. The van der Waals surface area contributed by atoms with E-state index in [1.54, 1.807) is 6.08 Å². The molecule has 2 aliphatic rings. The lowest BCUT2D eigenvalue weighted by Crippen LogP contribution is -2.39. The Balaban J connectivity index is 1.53. The molecule has 0 bridgehead atoms. The van der Waals surface area contributed by atoms with E-state index in [0.29, 0.717) is 11.4 Å². The summed E-state index contributed by atoms with van der Waals surface area (Å²) in [6.07, 6.45) is 5.84. The summed E-state index contributed by atoms with van der Waals surface area (Å²) in [7, 11) is 0. The van der Waals surface area contributed by atoms with Gasteiger partial charge in [0, 0.05) is 23.9 Å². The molecule has 0 atom stereocenters. The van der Waals surface area contributed by atoms with Crippen molar-refractivity contribution in [3.63, 3.8) is 0 Å². The molecule has 1 aliphatic heterocycles. The van der Waals surface area contributed by atoms with Gasteiger partial charge in [0.25, 0.3) is 11.1 Å². The summed E-state index contributed by atoms with van der Waals surface area (Å²) in [5.74, 6) is -0.129. The Morgan fingerprint density at radius 1 is 1.35 bits per heavy atom. The fraction of sp³-hybridized carbons (Fsp3) is 0.438. The highest BCUT2D eigenvalue weighted by Gasteiger charge is 2.34. The molecule has 0 radical (unpaired) electrons. The quantitative estimate of drug-likeness (QED) is 0.829. The van der Waals surface area contributed by atoms with Crippen LogP contribution in [0.2, 0.25) is 0 Å². The minimum Gasteiger partial charge on any atom is -0.354 e. The summed E-state index contributed by atoms with van der Waals surface area (Å²) in [6, 6.07) is 3.81. The maximum absolute atomic E-state index is 12.3. The van der Waals surface area contributed by atoms with Gasteiger partial charge >= 0.3 is 0 Å². The van der Waals surface area contributed by atoms with Gasteiger partial charge in [-0.25, -0.2) is 0 Å². The number of thioether (sulfide) groups is 1. The molecule has 1 saturated heterocycles. The van der Waals surface area contributed by atoms with Crippen molar-refractivity contribution in [1.29, 1.82) is 0 Å². The summed E-state index contributed by atoms with van der Waals surface area (Å²) in [5.41, 5.74) is 0. The van der Waals surface area contributed by atoms with E-state index in [9.17, 15) is 14.4 Å². The molecule has 7 heteroatoms. The number of hydrogen-bond donors (Lipinski definition) is 1. The first kappa shape index (κ1) is 16.3.